The number of alkyl halides is 2. The van der Waals surface area contributed by atoms with Crippen molar-refractivity contribution in [2.75, 3.05) is 0 Å². The topological polar surface area (TPSA) is 43.1 Å². The zero-order chi connectivity index (χ0) is 11.3. The zero-order valence-corrected chi connectivity index (χ0v) is 8.82. The molecule has 0 aromatic carbocycles. The van der Waals surface area contributed by atoms with Crippen LogP contribution >= 0.6 is 11.6 Å². The van der Waals surface area contributed by atoms with Crippen LogP contribution in [0.5, 0.6) is 0 Å². The Labute approximate surface area is 94.3 Å². The van der Waals surface area contributed by atoms with E-state index in [1.165, 1.54) is 4.52 Å². The lowest BCUT2D eigenvalue weighted by atomic mass is 10.4. The lowest BCUT2D eigenvalue weighted by Gasteiger charge is -1.99. The smallest absolute Gasteiger partial charge is 0.210 e. The van der Waals surface area contributed by atoms with Gasteiger partial charge in [-0.25, -0.2) is 13.8 Å². The van der Waals surface area contributed by atoms with E-state index in [1.54, 1.807) is 0 Å². The summed E-state index contributed by atoms with van der Waals surface area (Å²) < 4.78 is 26.2. The maximum atomic E-state index is 12.5. The zero-order valence-electron chi connectivity index (χ0n) is 8.07. The van der Waals surface area contributed by atoms with E-state index in [2.05, 4.69) is 15.1 Å². The molecule has 0 atom stereocenters. The number of halogens is 3. The van der Waals surface area contributed by atoms with Gasteiger partial charge in [0.2, 0.25) is 0 Å². The van der Waals surface area contributed by atoms with Crippen molar-refractivity contribution in [3.05, 3.63) is 22.7 Å². The van der Waals surface area contributed by atoms with E-state index in [-0.39, 0.29) is 16.6 Å². The number of hydrogen-bond donors (Lipinski definition) is 0. The van der Waals surface area contributed by atoms with Gasteiger partial charge in [-0.3, -0.25) is 0 Å². The first-order valence-electron chi connectivity index (χ1n) is 4.86. The van der Waals surface area contributed by atoms with Crippen LogP contribution < -0.4 is 0 Å². The molecule has 2 aromatic rings. The maximum absolute atomic E-state index is 12.5. The van der Waals surface area contributed by atoms with Crippen molar-refractivity contribution in [1.29, 1.82) is 0 Å². The van der Waals surface area contributed by atoms with E-state index in [9.17, 15) is 8.78 Å². The molecule has 2 aromatic heterocycles. The van der Waals surface area contributed by atoms with Crippen LogP contribution in [0.3, 0.4) is 0 Å². The van der Waals surface area contributed by atoms with Gasteiger partial charge in [0.25, 0.3) is 12.2 Å². The van der Waals surface area contributed by atoms with Gasteiger partial charge in [-0.05, 0) is 12.8 Å². The van der Waals surface area contributed by atoms with Crippen LogP contribution in [-0.4, -0.2) is 19.6 Å². The van der Waals surface area contributed by atoms with Crippen LogP contribution in [0.2, 0.25) is 5.15 Å². The lowest BCUT2D eigenvalue weighted by Crippen LogP contribution is -1.98. The van der Waals surface area contributed by atoms with E-state index >= 15 is 0 Å². The number of fused-ring (bicyclic) bond motifs is 1. The fourth-order valence-electron chi connectivity index (χ4n) is 1.49. The third kappa shape index (κ3) is 1.53. The molecule has 1 aliphatic carbocycles. The molecular formula is C9H7ClF2N4. The lowest BCUT2D eigenvalue weighted by molar-refractivity contribution is 0.146. The Morgan fingerprint density at radius 2 is 2.12 bits per heavy atom. The molecular weight excluding hydrogens is 238 g/mol. The molecule has 1 fully saturated rings. The molecule has 1 saturated carbocycles. The van der Waals surface area contributed by atoms with Crippen molar-refractivity contribution in [3.63, 3.8) is 0 Å². The van der Waals surface area contributed by atoms with Crippen LogP contribution in [-0.2, 0) is 0 Å². The molecule has 0 bridgehead atoms. The maximum Gasteiger partial charge on any atom is 0.280 e. The highest BCUT2D eigenvalue weighted by Gasteiger charge is 2.28. The quantitative estimate of drug-likeness (QED) is 0.763. The van der Waals surface area contributed by atoms with Crippen LogP contribution in [0.25, 0.3) is 5.78 Å². The Morgan fingerprint density at radius 1 is 1.38 bits per heavy atom. The monoisotopic (exact) mass is 244 g/mol. The van der Waals surface area contributed by atoms with Crippen molar-refractivity contribution in [3.8, 4) is 0 Å². The first-order valence-corrected chi connectivity index (χ1v) is 5.24. The SMILES string of the molecule is FC(F)c1cc(Cl)n2nc(C3CC3)nc2n1. The Hall–Kier alpha value is -1.30. The first-order chi connectivity index (χ1) is 7.65. The standard InChI is InChI=1S/C9H7ClF2N4/c10-6-3-5(7(11)12)13-9-14-8(4-1-2-4)15-16(6)9/h3-4,7H,1-2H2. The summed E-state index contributed by atoms with van der Waals surface area (Å²) in [4.78, 5) is 7.82. The van der Waals surface area contributed by atoms with Gasteiger partial charge in [0, 0.05) is 12.0 Å². The van der Waals surface area contributed by atoms with Gasteiger partial charge >= 0.3 is 0 Å². The normalized spacial score (nSPS) is 16.2. The summed E-state index contributed by atoms with van der Waals surface area (Å²) in [5.41, 5.74) is -0.368. The minimum absolute atomic E-state index is 0.111. The molecule has 0 N–H and O–H groups in total. The number of nitrogens with zero attached hydrogens (tertiary/aromatic N) is 4. The van der Waals surface area contributed by atoms with Crippen molar-refractivity contribution < 1.29 is 8.78 Å². The van der Waals surface area contributed by atoms with E-state index in [4.69, 9.17) is 11.6 Å². The van der Waals surface area contributed by atoms with Gasteiger partial charge in [0.1, 0.15) is 10.8 Å². The van der Waals surface area contributed by atoms with Gasteiger partial charge in [0.15, 0.2) is 5.82 Å². The Morgan fingerprint density at radius 3 is 2.75 bits per heavy atom. The molecule has 0 saturated heterocycles. The van der Waals surface area contributed by atoms with Crippen LogP contribution in [0.4, 0.5) is 8.78 Å². The van der Waals surface area contributed by atoms with Crippen molar-refractivity contribution in [1.82, 2.24) is 19.6 Å². The molecule has 2 heterocycles. The molecule has 0 aliphatic heterocycles. The van der Waals surface area contributed by atoms with E-state index in [1.807, 2.05) is 0 Å². The Balaban J connectivity index is 2.17. The van der Waals surface area contributed by atoms with E-state index in [0.29, 0.717) is 11.7 Å². The highest BCUT2D eigenvalue weighted by Crippen LogP contribution is 2.38. The molecule has 0 radical (unpaired) electrons. The van der Waals surface area contributed by atoms with Crippen molar-refractivity contribution in [2.45, 2.75) is 25.2 Å². The molecule has 0 amide bonds. The summed E-state index contributed by atoms with van der Waals surface area (Å²) in [6, 6.07) is 1.12. The third-order valence-corrected chi connectivity index (χ3v) is 2.74. The van der Waals surface area contributed by atoms with Gasteiger partial charge in [-0.1, -0.05) is 11.6 Å². The van der Waals surface area contributed by atoms with Gasteiger partial charge in [-0.2, -0.15) is 9.50 Å². The molecule has 4 nitrogen and oxygen atoms in total. The third-order valence-electron chi connectivity index (χ3n) is 2.47. The Bertz CT molecular complexity index is 550. The predicted octanol–water partition coefficient (Wildman–Crippen LogP) is 2.59. The minimum atomic E-state index is -2.65. The summed E-state index contributed by atoms with van der Waals surface area (Å²) in [5, 5.41) is 4.25. The molecule has 0 unspecified atom stereocenters. The number of rotatable bonds is 2. The van der Waals surface area contributed by atoms with Crippen molar-refractivity contribution >= 4 is 17.4 Å². The molecule has 3 rings (SSSR count). The number of hydrogen-bond acceptors (Lipinski definition) is 3. The van der Waals surface area contributed by atoms with Crippen molar-refractivity contribution in [2.24, 2.45) is 0 Å². The molecule has 1 aliphatic rings. The average molecular weight is 245 g/mol. The summed E-state index contributed by atoms with van der Waals surface area (Å²) in [5.74, 6) is 1.12. The fourth-order valence-corrected chi connectivity index (χ4v) is 1.72. The summed E-state index contributed by atoms with van der Waals surface area (Å²) in [7, 11) is 0. The molecule has 0 spiro atoms. The summed E-state index contributed by atoms with van der Waals surface area (Å²) in [6.07, 6.45) is -0.574. The Kier molecular flexibility index (Phi) is 2.07. The number of aromatic nitrogens is 4. The highest BCUT2D eigenvalue weighted by molar-refractivity contribution is 6.29. The molecule has 84 valence electrons. The second-order valence-corrected chi connectivity index (χ2v) is 4.15. The molecule has 7 heteroatoms. The highest BCUT2D eigenvalue weighted by atomic mass is 35.5. The van der Waals surface area contributed by atoms with Crippen LogP contribution in [0, 0.1) is 0 Å². The van der Waals surface area contributed by atoms with Crippen LogP contribution in [0.15, 0.2) is 6.07 Å². The van der Waals surface area contributed by atoms with E-state index < -0.39 is 6.43 Å². The second-order valence-electron chi connectivity index (χ2n) is 3.76. The minimum Gasteiger partial charge on any atom is -0.210 e. The molecule has 16 heavy (non-hydrogen) atoms. The average Bonchev–Trinajstić information content (AvgIpc) is 2.98. The predicted molar refractivity (Wildman–Crippen MR) is 52.7 cm³/mol. The fraction of sp³-hybridized carbons (Fsp3) is 0.444. The largest absolute Gasteiger partial charge is 0.280 e. The van der Waals surface area contributed by atoms with Gasteiger partial charge < -0.3 is 0 Å². The second kappa shape index (κ2) is 3.35. The van der Waals surface area contributed by atoms with Gasteiger partial charge in [0.05, 0.1) is 0 Å². The summed E-state index contributed by atoms with van der Waals surface area (Å²) in [6.45, 7) is 0. The van der Waals surface area contributed by atoms with Crippen LogP contribution in [0.1, 0.15) is 36.7 Å². The van der Waals surface area contributed by atoms with Gasteiger partial charge in [-0.15, -0.1) is 5.10 Å². The summed E-state index contributed by atoms with van der Waals surface area (Å²) >= 11 is 5.83. The van der Waals surface area contributed by atoms with E-state index in [0.717, 1.165) is 18.9 Å². The first kappa shape index (κ1) is 9.89.